The Balaban J connectivity index is 1.85. The number of hydrogen-bond acceptors (Lipinski definition) is 2. The first-order valence-electron chi connectivity index (χ1n) is 9.29. The van der Waals surface area contributed by atoms with E-state index < -0.39 is 0 Å². The SMILES string of the molecule is CC(C)C(=O)N1CCC(NC(=O)NC(c2ccccc2)C(C)C)CC1. The number of urea groups is 1. The van der Waals surface area contributed by atoms with Crippen molar-refractivity contribution < 1.29 is 9.59 Å². The summed E-state index contributed by atoms with van der Waals surface area (Å²) >= 11 is 0. The van der Waals surface area contributed by atoms with Crippen LogP contribution in [0.5, 0.6) is 0 Å². The lowest BCUT2D eigenvalue weighted by Crippen LogP contribution is -2.50. The van der Waals surface area contributed by atoms with Gasteiger partial charge >= 0.3 is 6.03 Å². The molecule has 3 amide bonds. The van der Waals surface area contributed by atoms with Crippen molar-refractivity contribution in [3.63, 3.8) is 0 Å². The fourth-order valence-corrected chi connectivity index (χ4v) is 3.27. The van der Waals surface area contributed by atoms with Gasteiger partial charge in [0.15, 0.2) is 0 Å². The van der Waals surface area contributed by atoms with Gasteiger partial charge in [-0.2, -0.15) is 0 Å². The molecule has 1 aromatic carbocycles. The minimum atomic E-state index is -0.129. The third kappa shape index (κ3) is 5.48. The quantitative estimate of drug-likeness (QED) is 0.860. The smallest absolute Gasteiger partial charge is 0.315 e. The molecule has 2 rings (SSSR count). The van der Waals surface area contributed by atoms with Gasteiger partial charge in [0.05, 0.1) is 6.04 Å². The summed E-state index contributed by atoms with van der Waals surface area (Å²) in [6, 6.07) is 10.0. The molecule has 1 heterocycles. The molecule has 0 radical (unpaired) electrons. The van der Waals surface area contributed by atoms with Crippen LogP contribution in [0, 0.1) is 11.8 Å². The van der Waals surface area contributed by atoms with E-state index in [4.69, 9.17) is 0 Å². The molecule has 1 aliphatic heterocycles. The van der Waals surface area contributed by atoms with Crippen molar-refractivity contribution in [3.8, 4) is 0 Å². The first kappa shape index (κ1) is 19.3. The van der Waals surface area contributed by atoms with Gasteiger partial charge in [-0.25, -0.2) is 4.79 Å². The zero-order valence-electron chi connectivity index (χ0n) is 15.8. The minimum absolute atomic E-state index is 0.0104. The molecule has 1 fully saturated rings. The van der Waals surface area contributed by atoms with Crippen LogP contribution in [0.2, 0.25) is 0 Å². The number of likely N-dealkylation sites (tertiary alicyclic amines) is 1. The monoisotopic (exact) mass is 345 g/mol. The van der Waals surface area contributed by atoms with Gasteiger partial charge in [0.2, 0.25) is 5.91 Å². The van der Waals surface area contributed by atoms with Gasteiger partial charge in [0.1, 0.15) is 0 Å². The van der Waals surface area contributed by atoms with Crippen molar-refractivity contribution in [2.45, 2.75) is 52.6 Å². The van der Waals surface area contributed by atoms with Gasteiger partial charge in [-0.1, -0.05) is 58.0 Å². The van der Waals surface area contributed by atoms with Gasteiger partial charge in [0, 0.05) is 25.0 Å². The van der Waals surface area contributed by atoms with Crippen LogP contribution in [0.4, 0.5) is 4.79 Å². The van der Waals surface area contributed by atoms with Crippen LogP contribution in [0.15, 0.2) is 30.3 Å². The van der Waals surface area contributed by atoms with Crippen molar-refractivity contribution in [1.82, 2.24) is 15.5 Å². The molecule has 5 heteroatoms. The molecule has 25 heavy (non-hydrogen) atoms. The Morgan fingerprint density at radius 2 is 1.64 bits per heavy atom. The first-order valence-corrected chi connectivity index (χ1v) is 9.29. The Kier molecular flexibility index (Phi) is 6.85. The predicted molar refractivity (Wildman–Crippen MR) is 100 cm³/mol. The molecule has 0 spiro atoms. The van der Waals surface area contributed by atoms with E-state index in [1.54, 1.807) is 0 Å². The van der Waals surface area contributed by atoms with E-state index in [0.29, 0.717) is 19.0 Å². The number of amides is 3. The van der Waals surface area contributed by atoms with Crippen LogP contribution in [-0.4, -0.2) is 36.0 Å². The number of carbonyl (C=O) groups excluding carboxylic acids is 2. The topological polar surface area (TPSA) is 61.4 Å². The summed E-state index contributed by atoms with van der Waals surface area (Å²) in [5.74, 6) is 0.538. The Bertz CT molecular complexity index is 564. The highest BCUT2D eigenvalue weighted by Crippen LogP contribution is 2.21. The molecule has 5 nitrogen and oxygen atoms in total. The number of hydrogen-bond donors (Lipinski definition) is 2. The maximum absolute atomic E-state index is 12.4. The molecular formula is C20H31N3O2. The van der Waals surface area contributed by atoms with E-state index in [2.05, 4.69) is 24.5 Å². The molecule has 0 aliphatic carbocycles. The highest BCUT2D eigenvalue weighted by Gasteiger charge is 2.26. The lowest BCUT2D eigenvalue weighted by atomic mass is 9.96. The molecule has 0 saturated carbocycles. The summed E-state index contributed by atoms with van der Waals surface area (Å²) in [4.78, 5) is 26.4. The summed E-state index contributed by atoms with van der Waals surface area (Å²) in [6.07, 6.45) is 1.62. The lowest BCUT2D eigenvalue weighted by Gasteiger charge is -2.34. The van der Waals surface area contributed by atoms with Crippen molar-refractivity contribution in [2.24, 2.45) is 11.8 Å². The fourth-order valence-electron chi connectivity index (χ4n) is 3.27. The summed E-state index contributed by atoms with van der Waals surface area (Å²) in [5.41, 5.74) is 1.12. The van der Waals surface area contributed by atoms with Crippen LogP contribution < -0.4 is 10.6 Å². The van der Waals surface area contributed by atoms with E-state index in [-0.39, 0.29) is 29.9 Å². The van der Waals surface area contributed by atoms with Crippen LogP contribution in [-0.2, 0) is 4.79 Å². The van der Waals surface area contributed by atoms with Crippen LogP contribution in [0.3, 0.4) is 0 Å². The second-order valence-electron chi connectivity index (χ2n) is 7.50. The van der Waals surface area contributed by atoms with Crippen LogP contribution >= 0.6 is 0 Å². The summed E-state index contributed by atoms with van der Waals surface area (Å²) in [7, 11) is 0. The number of carbonyl (C=O) groups is 2. The maximum Gasteiger partial charge on any atom is 0.315 e. The third-order valence-corrected chi connectivity index (χ3v) is 4.75. The largest absolute Gasteiger partial charge is 0.342 e. The van der Waals surface area contributed by atoms with Crippen molar-refractivity contribution in [1.29, 1.82) is 0 Å². The average Bonchev–Trinajstić information content (AvgIpc) is 2.60. The summed E-state index contributed by atoms with van der Waals surface area (Å²) < 4.78 is 0. The minimum Gasteiger partial charge on any atom is -0.342 e. The number of benzene rings is 1. The Morgan fingerprint density at radius 1 is 1.04 bits per heavy atom. The Hall–Kier alpha value is -2.04. The standard InChI is InChI=1S/C20H31N3O2/c1-14(2)18(16-8-6-5-7-9-16)22-20(25)21-17-10-12-23(13-11-17)19(24)15(3)4/h5-9,14-15,17-18H,10-13H2,1-4H3,(H2,21,22,25). The molecule has 1 aliphatic rings. The first-order chi connectivity index (χ1) is 11.9. The van der Waals surface area contributed by atoms with E-state index in [9.17, 15) is 9.59 Å². The summed E-state index contributed by atoms with van der Waals surface area (Å²) in [5, 5.41) is 6.18. The Labute approximate surface area is 151 Å². The van der Waals surface area contributed by atoms with Gasteiger partial charge in [-0.05, 0) is 24.3 Å². The van der Waals surface area contributed by atoms with E-state index in [1.165, 1.54) is 0 Å². The molecule has 0 aromatic heterocycles. The van der Waals surface area contributed by atoms with Gasteiger partial charge in [-0.15, -0.1) is 0 Å². The molecule has 2 N–H and O–H groups in total. The van der Waals surface area contributed by atoms with Crippen LogP contribution in [0.25, 0.3) is 0 Å². The maximum atomic E-state index is 12.4. The van der Waals surface area contributed by atoms with Crippen LogP contribution in [0.1, 0.15) is 52.1 Å². The molecule has 1 unspecified atom stereocenters. The normalized spacial score (nSPS) is 16.8. The van der Waals surface area contributed by atoms with E-state index in [1.807, 2.05) is 49.1 Å². The van der Waals surface area contributed by atoms with Crippen molar-refractivity contribution >= 4 is 11.9 Å². The number of piperidine rings is 1. The molecule has 138 valence electrons. The van der Waals surface area contributed by atoms with Crippen molar-refractivity contribution in [3.05, 3.63) is 35.9 Å². The average molecular weight is 345 g/mol. The highest BCUT2D eigenvalue weighted by atomic mass is 16.2. The number of rotatable bonds is 5. The molecule has 1 aromatic rings. The molecule has 1 atom stereocenters. The van der Waals surface area contributed by atoms with E-state index >= 15 is 0 Å². The second-order valence-corrected chi connectivity index (χ2v) is 7.50. The second kappa shape index (κ2) is 8.88. The predicted octanol–water partition coefficient (Wildman–Crippen LogP) is 3.33. The van der Waals surface area contributed by atoms with Crippen molar-refractivity contribution in [2.75, 3.05) is 13.1 Å². The highest BCUT2D eigenvalue weighted by molar-refractivity contribution is 5.78. The van der Waals surface area contributed by atoms with E-state index in [0.717, 1.165) is 18.4 Å². The lowest BCUT2D eigenvalue weighted by molar-refractivity contribution is -0.135. The van der Waals surface area contributed by atoms with Gasteiger partial charge in [-0.3, -0.25) is 4.79 Å². The zero-order chi connectivity index (χ0) is 18.4. The van der Waals surface area contributed by atoms with Gasteiger partial charge < -0.3 is 15.5 Å². The molecule has 0 bridgehead atoms. The molecule has 1 saturated heterocycles. The third-order valence-electron chi connectivity index (χ3n) is 4.75. The number of nitrogens with zero attached hydrogens (tertiary/aromatic N) is 1. The summed E-state index contributed by atoms with van der Waals surface area (Å²) in [6.45, 7) is 9.50. The Morgan fingerprint density at radius 3 is 2.16 bits per heavy atom. The molecular weight excluding hydrogens is 314 g/mol. The zero-order valence-corrected chi connectivity index (χ0v) is 15.8. The number of nitrogens with one attached hydrogen (secondary N) is 2. The fraction of sp³-hybridized carbons (Fsp3) is 0.600. The van der Waals surface area contributed by atoms with Gasteiger partial charge in [0.25, 0.3) is 0 Å².